The monoisotopic (exact) mass is 458 g/mol. The van der Waals surface area contributed by atoms with E-state index in [9.17, 15) is 4.79 Å². The zero-order valence-electron chi connectivity index (χ0n) is 16.6. The Bertz CT molecular complexity index is 1070. The molecule has 0 heterocycles. The van der Waals surface area contributed by atoms with Crippen LogP contribution in [0.2, 0.25) is 10.0 Å². The molecule has 3 aromatic carbocycles. The van der Waals surface area contributed by atoms with Crippen LogP contribution < -0.4 is 14.9 Å². The Kier molecular flexibility index (Phi) is 7.76. The van der Waals surface area contributed by atoms with Gasteiger partial charge >= 0.3 is 5.97 Å². The third-order valence-corrected chi connectivity index (χ3v) is 4.95. The highest BCUT2D eigenvalue weighted by Crippen LogP contribution is 2.31. The second kappa shape index (κ2) is 10.7. The number of aromatic carboxylic acids is 1. The van der Waals surface area contributed by atoms with Crippen molar-refractivity contribution < 1.29 is 19.4 Å². The van der Waals surface area contributed by atoms with E-state index in [1.807, 2.05) is 19.1 Å². The highest BCUT2D eigenvalue weighted by molar-refractivity contribution is 6.35. The van der Waals surface area contributed by atoms with Crippen LogP contribution in [0.15, 0.2) is 65.8 Å². The number of anilines is 1. The Balaban J connectivity index is 1.69. The normalized spacial score (nSPS) is 10.8. The lowest BCUT2D eigenvalue weighted by atomic mass is 10.2. The minimum Gasteiger partial charge on any atom is -0.490 e. The van der Waals surface area contributed by atoms with E-state index in [1.165, 1.54) is 12.1 Å². The SMILES string of the molecule is CCOc1cc(C=NNc2ccc(C(=O)O)cc2)ccc1OCc1c(Cl)cccc1Cl. The number of nitrogens with zero attached hydrogens (tertiary/aromatic N) is 1. The molecule has 0 radical (unpaired) electrons. The van der Waals surface area contributed by atoms with Gasteiger partial charge < -0.3 is 14.6 Å². The molecule has 0 aromatic heterocycles. The Labute approximate surface area is 190 Å². The summed E-state index contributed by atoms with van der Waals surface area (Å²) in [6, 6.07) is 17.0. The molecule has 0 unspecified atom stereocenters. The molecule has 3 aromatic rings. The molecular formula is C23H20Cl2N2O4. The fourth-order valence-corrected chi connectivity index (χ4v) is 3.19. The van der Waals surface area contributed by atoms with Crippen LogP contribution in [0.4, 0.5) is 5.69 Å². The molecule has 3 rings (SSSR count). The topological polar surface area (TPSA) is 80.2 Å². The number of ether oxygens (including phenoxy) is 2. The summed E-state index contributed by atoms with van der Waals surface area (Å²) < 4.78 is 11.6. The predicted octanol–water partition coefficient (Wildman–Crippen LogP) is 6.12. The zero-order valence-corrected chi connectivity index (χ0v) is 18.2. The molecule has 31 heavy (non-hydrogen) atoms. The number of benzene rings is 3. The fourth-order valence-electron chi connectivity index (χ4n) is 2.68. The van der Waals surface area contributed by atoms with Crippen molar-refractivity contribution in [3.8, 4) is 11.5 Å². The van der Waals surface area contributed by atoms with E-state index >= 15 is 0 Å². The average Bonchev–Trinajstić information content (AvgIpc) is 2.75. The highest BCUT2D eigenvalue weighted by Gasteiger charge is 2.10. The second-order valence-corrected chi connectivity index (χ2v) is 7.19. The number of carboxylic acid groups (broad SMARTS) is 1. The predicted molar refractivity (Wildman–Crippen MR) is 123 cm³/mol. The van der Waals surface area contributed by atoms with Crippen LogP contribution in [0.5, 0.6) is 11.5 Å². The number of carbonyl (C=O) groups is 1. The largest absolute Gasteiger partial charge is 0.490 e. The van der Waals surface area contributed by atoms with Gasteiger partial charge in [0.2, 0.25) is 0 Å². The van der Waals surface area contributed by atoms with E-state index in [1.54, 1.807) is 42.6 Å². The van der Waals surface area contributed by atoms with Crippen LogP contribution in [0, 0.1) is 0 Å². The van der Waals surface area contributed by atoms with Crippen LogP contribution in [0.1, 0.15) is 28.4 Å². The number of hydrogen-bond acceptors (Lipinski definition) is 5. The van der Waals surface area contributed by atoms with Crippen LogP contribution in [0.3, 0.4) is 0 Å². The molecular weight excluding hydrogens is 439 g/mol. The fraction of sp³-hybridized carbons (Fsp3) is 0.130. The Morgan fingerprint density at radius 1 is 1.03 bits per heavy atom. The first-order chi connectivity index (χ1) is 15.0. The zero-order chi connectivity index (χ0) is 22.2. The Hall–Kier alpha value is -3.22. The number of nitrogens with one attached hydrogen (secondary N) is 1. The van der Waals surface area contributed by atoms with E-state index in [0.717, 1.165) is 5.56 Å². The number of hydrazone groups is 1. The second-order valence-electron chi connectivity index (χ2n) is 6.38. The van der Waals surface area contributed by atoms with Gasteiger partial charge in [0.1, 0.15) is 6.61 Å². The molecule has 0 aliphatic carbocycles. The summed E-state index contributed by atoms with van der Waals surface area (Å²) in [6.07, 6.45) is 1.63. The first kappa shape index (κ1) is 22.5. The van der Waals surface area contributed by atoms with Crippen molar-refractivity contribution in [1.29, 1.82) is 0 Å². The van der Waals surface area contributed by atoms with Crippen LogP contribution in [-0.4, -0.2) is 23.9 Å². The van der Waals surface area contributed by atoms with Crippen molar-refractivity contribution in [3.63, 3.8) is 0 Å². The van der Waals surface area contributed by atoms with Crippen molar-refractivity contribution >= 4 is 41.1 Å². The minimum absolute atomic E-state index is 0.208. The summed E-state index contributed by atoms with van der Waals surface area (Å²) in [5.41, 5.74) is 5.24. The number of rotatable bonds is 9. The molecule has 0 aliphatic heterocycles. The molecule has 6 nitrogen and oxygen atoms in total. The van der Waals surface area contributed by atoms with Crippen molar-refractivity contribution in [2.75, 3.05) is 12.0 Å². The summed E-state index contributed by atoms with van der Waals surface area (Å²) in [6.45, 7) is 2.57. The molecule has 160 valence electrons. The van der Waals surface area contributed by atoms with E-state index in [2.05, 4.69) is 10.5 Å². The maximum atomic E-state index is 10.9. The van der Waals surface area contributed by atoms with Gasteiger partial charge in [-0.2, -0.15) is 5.10 Å². The number of carboxylic acids is 1. The Morgan fingerprint density at radius 3 is 2.39 bits per heavy atom. The summed E-state index contributed by atoms with van der Waals surface area (Å²) in [4.78, 5) is 10.9. The smallest absolute Gasteiger partial charge is 0.335 e. The minimum atomic E-state index is -0.974. The summed E-state index contributed by atoms with van der Waals surface area (Å²) in [7, 11) is 0. The van der Waals surface area contributed by atoms with Gasteiger partial charge in [0.15, 0.2) is 11.5 Å². The van der Waals surface area contributed by atoms with Gasteiger partial charge in [-0.15, -0.1) is 0 Å². The van der Waals surface area contributed by atoms with Crippen LogP contribution >= 0.6 is 23.2 Å². The number of halogens is 2. The van der Waals surface area contributed by atoms with E-state index in [4.69, 9.17) is 37.8 Å². The third-order valence-electron chi connectivity index (χ3n) is 4.24. The first-order valence-electron chi connectivity index (χ1n) is 9.43. The van der Waals surface area contributed by atoms with Gasteiger partial charge in [0.25, 0.3) is 0 Å². The van der Waals surface area contributed by atoms with Gasteiger partial charge in [-0.3, -0.25) is 5.43 Å². The molecule has 0 atom stereocenters. The Morgan fingerprint density at radius 2 is 1.74 bits per heavy atom. The molecule has 0 spiro atoms. The third kappa shape index (κ3) is 6.13. The van der Waals surface area contributed by atoms with Crippen molar-refractivity contribution in [2.24, 2.45) is 5.10 Å². The standard InChI is InChI=1S/C23H20Cl2N2O4/c1-2-30-22-12-15(13-26-27-17-9-7-16(8-10-17)23(28)29)6-11-21(22)31-14-18-19(24)4-3-5-20(18)25/h3-13,27H,2,14H2,1H3,(H,28,29). The number of hydrogen-bond donors (Lipinski definition) is 2. The highest BCUT2D eigenvalue weighted by atomic mass is 35.5. The molecule has 0 bridgehead atoms. The molecule has 0 aliphatic rings. The average molecular weight is 459 g/mol. The summed E-state index contributed by atoms with van der Waals surface area (Å²) in [5, 5.41) is 14.2. The van der Waals surface area contributed by atoms with Crippen LogP contribution in [-0.2, 0) is 6.61 Å². The first-order valence-corrected chi connectivity index (χ1v) is 10.2. The lowest BCUT2D eigenvalue weighted by Gasteiger charge is -2.14. The van der Waals surface area contributed by atoms with Crippen molar-refractivity contribution in [2.45, 2.75) is 13.5 Å². The lowest BCUT2D eigenvalue weighted by Crippen LogP contribution is -2.01. The van der Waals surface area contributed by atoms with Crippen molar-refractivity contribution in [3.05, 3.63) is 87.4 Å². The van der Waals surface area contributed by atoms with Gasteiger partial charge in [0, 0.05) is 15.6 Å². The molecule has 8 heteroatoms. The maximum Gasteiger partial charge on any atom is 0.335 e. The summed E-state index contributed by atoms with van der Waals surface area (Å²) >= 11 is 12.4. The quantitative estimate of drug-likeness (QED) is 0.298. The maximum absolute atomic E-state index is 10.9. The van der Waals surface area contributed by atoms with Gasteiger partial charge in [-0.05, 0) is 67.1 Å². The van der Waals surface area contributed by atoms with Gasteiger partial charge in [-0.25, -0.2) is 4.79 Å². The van der Waals surface area contributed by atoms with Crippen molar-refractivity contribution in [1.82, 2.24) is 0 Å². The lowest BCUT2D eigenvalue weighted by molar-refractivity contribution is 0.0697. The van der Waals surface area contributed by atoms with E-state index < -0.39 is 5.97 Å². The van der Waals surface area contributed by atoms with Crippen LogP contribution in [0.25, 0.3) is 0 Å². The van der Waals surface area contributed by atoms with E-state index in [-0.39, 0.29) is 12.2 Å². The molecule has 0 saturated carbocycles. The summed E-state index contributed by atoms with van der Waals surface area (Å²) in [5.74, 6) is 0.158. The molecule has 0 fully saturated rings. The molecule has 0 amide bonds. The molecule has 2 N–H and O–H groups in total. The molecule has 0 saturated heterocycles. The van der Waals surface area contributed by atoms with Gasteiger partial charge in [-0.1, -0.05) is 29.3 Å². The van der Waals surface area contributed by atoms with Gasteiger partial charge in [0.05, 0.1) is 24.1 Å². The van der Waals surface area contributed by atoms with E-state index in [0.29, 0.717) is 39.4 Å².